The minimum absolute atomic E-state index is 0.165. The van der Waals surface area contributed by atoms with Crippen molar-refractivity contribution in [1.82, 2.24) is 10.2 Å². The Morgan fingerprint density at radius 1 is 1.04 bits per heavy atom. The lowest BCUT2D eigenvalue weighted by Gasteiger charge is -2.25. The summed E-state index contributed by atoms with van der Waals surface area (Å²) in [4.78, 5) is 26.3. The average molecular weight is 374 g/mol. The highest BCUT2D eigenvalue weighted by Gasteiger charge is 2.49. The van der Waals surface area contributed by atoms with E-state index in [1.54, 1.807) is 25.1 Å². The van der Waals surface area contributed by atoms with E-state index in [0.717, 1.165) is 17.0 Å². The highest BCUT2D eigenvalue weighted by atomic mass is 19.2. The molecule has 1 N–H and O–H groups in total. The zero-order chi connectivity index (χ0) is 19.2. The summed E-state index contributed by atoms with van der Waals surface area (Å²) in [7, 11) is 0. The van der Waals surface area contributed by atoms with E-state index in [-0.39, 0.29) is 6.54 Å². The van der Waals surface area contributed by atoms with Crippen molar-refractivity contribution in [2.24, 2.45) is 0 Å². The molecule has 0 radical (unpaired) electrons. The Labute approximate surface area is 153 Å². The number of urea groups is 1. The lowest BCUT2D eigenvalue weighted by atomic mass is 9.91. The molecule has 2 aliphatic heterocycles. The fourth-order valence-electron chi connectivity index (χ4n) is 3.21. The minimum atomic E-state index is -1.30. The number of hydrogen-bond acceptors (Lipinski definition) is 4. The number of carbonyl (C=O) groups excluding carboxylic acids is 2. The van der Waals surface area contributed by atoms with Gasteiger partial charge in [-0.25, -0.2) is 13.6 Å². The second-order valence-electron chi connectivity index (χ2n) is 6.55. The number of rotatable bonds is 3. The number of imide groups is 1. The van der Waals surface area contributed by atoms with Gasteiger partial charge < -0.3 is 14.8 Å². The molecule has 3 amide bonds. The lowest BCUT2D eigenvalue weighted by molar-refractivity contribution is -0.131. The molecule has 8 heteroatoms. The molecule has 4 rings (SSSR count). The molecule has 1 unspecified atom stereocenters. The molecule has 2 aliphatic rings. The Morgan fingerprint density at radius 3 is 2.52 bits per heavy atom. The van der Waals surface area contributed by atoms with Crippen LogP contribution >= 0.6 is 0 Å². The zero-order valence-corrected chi connectivity index (χ0v) is 14.4. The van der Waals surface area contributed by atoms with Gasteiger partial charge in [0.15, 0.2) is 23.1 Å². The second-order valence-corrected chi connectivity index (χ2v) is 6.55. The van der Waals surface area contributed by atoms with Crippen molar-refractivity contribution >= 4 is 11.9 Å². The van der Waals surface area contributed by atoms with Gasteiger partial charge in [0, 0.05) is 0 Å². The van der Waals surface area contributed by atoms with Crippen LogP contribution in [0, 0.1) is 11.6 Å². The topological polar surface area (TPSA) is 67.9 Å². The van der Waals surface area contributed by atoms with E-state index in [2.05, 4.69) is 5.32 Å². The van der Waals surface area contributed by atoms with E-state index in [9.17, 15) is 18.4 Å². The summed E-state index contributed by atoms with van der Waals surface area (Å²) in [5, 5.41) is 2.67. The third-order valence-electron chi connectivity index (χ3n) is 4.72. The van der Waals surface area contributed by atoms with Crippen LogP contribution in [0.15, 0.2) is 36.4 Å². The summed E-state index contributed by atoms with van der Waals surface area (Å²) in [6.45, 7) is 2.27. The minimum Gasteiger partial charge on any atom is -0.486 e. The molecule has 140 valence electrons. The Morgan fingerprint density at radius 2 is 1.78 bits per heavy atom. The number of nitrogens with one attached hydrogen (secondary N) is 1. The molecule has 27 heavy (non-hydrogen) atoms. The summed E-state index contributed by atoms with van der Waals surface area (Å²) in [6.07, 6.45) is 0. The number of halogens is 2. The molecule has 1 atom stereocenters. The maximum atomic E-state index is 13.4. The van der Waals surface area contributed by atoms with E-state index in [1.165, 1.54) is 6.07 Å². The summed E-state index contributed by atoms with van der Waals surface area (Å²) in [5.41, 5.74) is -0.451. The number of carbonyl (C=O) groups is 2. The molecule has 0 aromatic heterocycles. The van der Waals surface area contributed by atoms with E-state index >= 15 is 0 Å². The summed E-state index contributed by atoms with van der Waals surface area (Å²) in [5.74, 6) is -1.44. The molecular formula is C19H16F2N2O4. The van der Waals surface area contributed by atoms with Crippen molar-refractivity contribution in [3.05, 3.63) is 59.2 Å². The van der Waals surface area contributed by atoms with Crippen LogP contribution in [0.1, 0.15) is 18.1 Å². The van der Waals surface area contributed by atoms with Crippen molar-refractivity contribution in [1.29, 1.82) is 0 Å². The van der Waals surface area contributed by atoms with Gasteiger partial charge in [-0.15, -0.1) is 0 Å². The summed E-state index contributed by atoms with van der Waals surface area (Å²) in [6, 6.07) is 7.69. The number of benzene rings is 2. The van der Waals surface area contributed by atoms with Crippen LogP contribution in [0.25, 0.3) is 0 Å². The monoisotopic (exact) mass is 374 g/mol. The predicted molar refractivity (Wildman–Crippen MR) is 90.2 cm³/mol. The SMILES string of the molecule is CC1(c2ccc3c(c2)OCCO3)NC(=O)N(Cc2ccc(F)c(F)c2)C1=O. The highest BCUT2D eigenvalue weighted by molar-refractivity contribution is 6.07. The molecule has 2 aromatic carbocycles. The van der Waals surface area contributed by atoms with Crippen molar-refractivity contribution in [3.8, 4) is 11.5 Å². The third kappa shape index (κ3) is 2.87. The van der Waals surface area contributed by atoms with Gasteiger partial charge in [-0.2, -0.15) is 0 Å². The van der Waals surface area contributed by atoms with Gasteiger partial charge >= 0.3 is 6.03 Å². The summed E-state index contributed by atoms with van der Waals surface area (Å²) >= 11 is 0. The van der Waals surface area contributed by atoms with Crippen LogP contribution in [0.3, 0.4) is 0 Å². The smallest absolute Gasteiger partial charge is 0.325 e. The maximum absolute atomic E-state index is 13.4. The molecule has 0 saturated carbocycles. The van der Waals surface area contributed by atoms with Crippen molar-refractivity contribution in [3.63, 3.8) is 0 Å². The van der Waals surface area contributed by atoms with Gasteiger partial charge in [0.1, 0.15) is 18.8 Å². The van der Waals surface area contributed by atoms with Gasteiger partial charge in [-0.1, -0.05) is 12.1 Å². The summed E-state index contributed by atoms with van der Waals surface area (Å²) < 4.78 is 37.5. The Hall–Kier alpha value is -3.16. The number of hydrogen-bond donors (Lipinski definition) is 1. The van der Waals surface area contributed by atoms with E-state index in [1.807, 2.05) is 0 Å². The van der Waals surface area contributed by atoms with Crippen LogP contribution in [0.5, 0.6) is 11.5 Å². The first kappa shape index (κ1) is 17.3. The van der Waals surface area contributed by atoms with Crippen molar-refractivity contribution in [2.45, 2.75) is 19.0 Å². The number of nitrogens with zero attached hydrogens (tertiary/aromatic N) is 1. The van der Waals surface area contributed by atoms with Crippen LogP contribution in [0.4, 0.5) is 13.6 Å². The maximum Gasteiger partial charge on any atom is 0.325 e. The quantitative estimate of drug-likeness (QED) is 0.839. The lowest BCUT2D eigenvalue weighted by Crippen LogP contribution is -2.41. The highest BCUT2D eigenvalue weighted by Crippen LogP contribution is 2.37. The van der Waals surface area contributed by atoms with E-state index in [0.29, 0.717) is 35.8 Å². The van der Waals surface area contributed by atoms with Gasteiger partial charge in [0.25, 0.3) is 5.91 Å². The fraction of sp³-hybridized carbons (Fsp3) is 0.263. The number of ether oxygens (including phenoxy) is 2. The Bertz CT molecular complexity index is 949. The second kappa shape index (κ2) is 6.22. The van der Waals surface area contributed by atoms with E-state index in [4.69, 9.17) is 9.47 Å². The van der Waals surface area contributed by atoms with Crippen LogP contribution < -0.4 is 14.8 Å². The first-order valence-electron chi connectivity index (χ1n) is 8.36. The standard InChI is InChI=1S/C19H16F2N2O4/c1-19(12-3-5-15-16(9-12)27-7-6-26-15)17(24)23(18(25)22-19)10-11-2-4-13(20)14(21)8-11/h2-5,8-9H,6-7,10H2,1H3,(H,22,25). The van der Waals surface area contributed by atoms with Crippen LogP contribution in [0.2, 0.25) is 0 Å². The number of fused-ring (bicyclic) bond motifs is 1. The van der Waals surface area contributed by atoms with Gasteiger partial charge in [0.05, 0.1) is 6.54 Å². The number of amides is 3. The molecule has 6 nitrogen and oxygen atoms in total. The molecular weight excluding hydrogens is 358 g/mol. The predicted octanol–water partition coefficient (Wildman–Crippen LogP) is 2.70. The molecule has 1 saturated heterocycles. The normalized spacial score (nSPS) is 21.4. The van der Waals surface area contributed by atoms with Gasteiger partial charge in [0.2, 0.25) is 0 Å². The fourth-order valence-corrected chi connectivity index (χ4v) is 3.21. The van der Waals surface area contributed by atoms with Crippen molar-refractivity contribution in [2.75, 3.05) is 13.2 Å². The molecule has 0 bridgehead atoms. The Kier molecular flexibility index (Phi) is 3.98. The largest absolute Gasteiger partial charge is 0.486 e. The molecule has 0 spiro atoms. The van der Waals surface area contributed by atoms with E-state index < -0.39 is 29.1 Å². The van der Waals surface area contributed by atoms with Crippen molar-refractivity contribution < 1.29 is 27.8 Å². The van der Waals surface area contributed by atoms with Crippen LogP contribution in [-0.2, 0) is 16.9 Å². The molecule has 2 aromatic rings. The molecule has 1 fully saturated rings. The average Bonchev–Trinajstić information content (AvgIpc) is 2.88. The first-order valence-corrected chi connectivity index (χ1v) is 8.36. The molecule has 0 aliphatic carbocycles. The third-order valence-corrected chi connectivity index (χ3v) is 4.72. The molecule has 2 heterocycles. The zero-order valence-electron chi connectivity index (χ0n) is 14.4. The van der Waals surface area contributed by atoms with Gasteiger partial charge in [-0.05, 0) is 42.3 Å². The Balaban J connectivity index is 1.62. The van der Waals surface area contributed by atoms with Gasteiger partial charge in [-0.3, -0.25) is 9.69 Å². The first-order chi connectivity index (χ1) is 12.9. The van der Waals surface area contributed by atoms with Crippen LogP contribution in [-0.4, -0.2) is 30.1 Å².